The number of methoxy groups -OCH3 is 2. The fraction of sp³-hybridized carbons (Fsp3) is 0.481. The molecule has 1 heterocycles. The van der Waals surface area contributed by atoms with Gasteiger partial charge in [-0.2, -0.15) is 0 Å². The van der Waals surface area contributed by atoms with E-state index in [1.807, 2.05) is 30.3 Å². The Bertz CT molecular complexity index is 1190. The lowest BCUT2D eigenvalue weighted by molar-refractivity contribution is -0.142. The van der Waals surface area contributed by atoms with Crippen LogP contribution < -0.4 is 14.8 Å². The van der Waals surface area contributed by atoms with Gasteiger partial charge in [0.2, 0.25) is 11.8 Å². The van der Waals surface area contributed by atoms with Gasteiger partial charge >= 0.3 is 0 Å². The molecule has 9 nitrogen and oxygen atoms in total. The summed E-state index contributed by atoms with van der Waals surface area (Å²) in [5.41, 5.74) is 2.12. The van der Waals surface area contributed by atoms with E-state index in [2.05, 4.69) is 22.6 Å². The van der Waals surface area contributed by atoms with Gasteiger partial charge in [0.25, 0.3) is 0 Å². The molecule has 0 spiro atoms. The van der Waals surface area contributed by atoms with Gasteiger partial charge in [-0.05, 0) is 43.5 Å². The average Bonchev–Trinajstić information content (AvgIpc) is 3.56. The zero-order chi connectivity index (χ0) is 25.5. The van der Waals surface area contributed by atoms with Crippen LogP contribution in [0, 0.1) is 0 Å². The molecule has 9 heteroatoms. The normalized spacial score (nSPS) is 14.5. The fourth-order valence-electron chi connectivity index (χ4n) is 4.82. The lowest BCUT2D eigenvalue weighted by atomic mass is 10.0. The highest BCUT2D eigenvalue weighted by Crippen LogP contribution is 2.34. The summed E-state index contributed by atoms with van der Waals surface area (Å²) in [5.74, 6) is 0.717. The lowest BCUT2D eigenvalue weighted by Crippen LogP contribution is -2.47. The van der Waals surface area contributed by atoms with Gasteiger partial charge in [0, 0.05) is 24.2 Å². The first-order valence-corrected chi connectivity index (χ1v) is 12.7. The number of ether oxygens (including phenoxy) is 2. The van der Waals surface area contributed by atoms with E-state index in [-0.39, 0.29) is 24.4 Å². The molecule has 192 valence electrons. The Morgan fingerprint density at radius 3 is 2.64 bits per heavy atom. The molecule has 1 aromatic heterocycles. The molecule has 0 bridgehead atoms. The number of hydrogen-bond acceptors (Lipinski definition) is 6. The van der Waals surface area contributed by atoms with Crippen molar-refractivity contribution in [1.29, 1.82) is 0 Å². The quantitative estimate of drug-likeness (QED) is 0.435. The summed E-state index contributed by atoms with van der Waals surface area (Å²) in [6, 6.07) is 12.1. The molecule has 1 fully saturated rings. The second-order valence-electron chi connectivity index (χ2n) is 9.18. The molecule has 36 heavy (non-hydrogen) atoms. The molecule has 4 rings (SSSR count). The maximum Gasteiger partial charge on any atom is 0.247 e. The number of carbonyl (C=O) groups is 2. The highest BCUT2D eigenvalue weighted by atomic mass is 16.5. The van der Waals surface area contributed by atoms with Gasteiger partial charge in [-0.3, -0.25) is 9.59 Å². The number of rotatable bonds is 11. The minimum Gasteiger partial charge on any atom is -0.497 e. The van der Waals surface area contributed by atoms with Gasteiger partial charge in [-0.1, -0.05) is 43.5 Å². The number of fused-ring (bicyclic) bond motifs is 1. The number of benzene rings is 2. The van der Waals surface area contributed by atoms with Crippen LogP contribution in [-0.4, -0.2) is 58.5 Å². The van der Waals surface area contributed by atoms with Crippen LogP contribution in [-0.2, 0) is 16.1 Å². The van der Waals surface area contributed by atoms with E-state index in [1.54, 1.807) is 35.9 Å². The first kappa shape index (κ1) is 25.5. The SMILES string of the molecule is CCCCN(C(=O)Cn1nnc2ccccc21)[C@@H](C(=O)NC1CCCC1)c1ccc(OC)cc1OC. The molecule has 2 aromatic carbocycles. The van der Waals surface area contributed by atoms with E-state index in [4.69, 9.17) is 9.47 Å². The molecule has 1 aliphatic carbocycles. The van der Waals surface area contributed by atoms with Crippen LogP contribution in [0.25, 0.3) is 11.0 Å². The maximum absolute atomic E-state index is 13.8. The number of unbranched alkanes of at least 4 members (excludes halogenated alkanes) is 1. The molecule has 1 atom stereocenters. The summed E-state index contributed by atoms with van der Waals surface area (Å²) >= 11 is 0. The first-order valence-electron chi connectivity index (χ1n) is 12.7. The lowest BCUT2D eigenvalue weighted by Gasteiger charge is -2.33. The zero-order valence-electron chi connectivity index (χ0n) is 21.3. The van der Waals surface area contributed by atoms with Crippen molar-refractivity contribution < 1.29 is 19.1 Å². The summed E-state index contributed by atoms with van der Waals surface area (Å²) in [6.45, 7) is 2.48. The highest BCUT2D eigenvalue weighted by Gasteiger charge is 2.35. The van der Waals surface area contributed by atoms with Gasteiger partial charge < -0.3 is 19.7 Å². The zero-order valence-corrected chi connectivity index (χ0v) is 21.3. The smallest absolute Gasteiger partial charge is 0.247 e. The molecule has 2 amide bonds. The van der Waals surface area contributed by atoms with Gasteiger partial charge in [-0.15, -0.1) is 5.10 Å². The summed E-state index contributed by atoms with van der Waals surface area (Å²) in [5, 5.41) is 11.6. The fourth-order valence-corrected chi connectivity index (χ4v) is 4.82. The Balaban J connectivity index is 1.71. The number of nitrogens with one attached hydrogen (secondary N) is 1. The van der Waals surface area contributed by atoms with E-state index < -0.39 is 6.04 Å². The Labute approximate surface area is 211 Å². The molecule has 0 radical (unpaired) electrons. The molecule has 0 aliphatic heterocycles. The molecule has 0 unspecified atom stereocenters. The van der Waals surface area contributed by atoms with Crippen LogP contribution in [0.4, 0.5) is 0 Å². The van der Waals surface area contributed by atoms with Crippen LogP contribution in [0.2, 0.25) is 0 Å². The van der Waals surface area contributed by atoms with E-state index in [9.17, 15) is 9.59 Å². The van der Waals surface area contributed by atoms with Crippen molar-refractivity contribution in [3.63, 3.8) is 0 Å². The van der Waals surface area contributed by atoms with Crippen molar-refractivity contribution >= 4 is 22.8 Å². The maximum atomic E-state index is 13.8. The van der Waals surface area contributed by atoms with E-state index in [1.165, 1.54) is 0 Å². The molecule has 1 aliphatic rings. The molecular formula is C27H35N5O4. The van der Waals surface area contributed by atoms with Crippen molar-refractivity contribution in [2.45, 2.75) is 64.1 Å². The Kier molecular flexibility index (Phi) is 8.40. The molecule has 1 N–H and O–H groups in total. The van der Waals surface area contributed by atoms with Crippen LogP contribution >= 0.6 is 0 Å². The Hall–Kier alpha value is -3.62. The van der Waals surface area contributed by atoms with E-state index in [0.717, 1.165) is 49.6 Å². The topological polar surface area (TPSA) is 98.6 Å². The Morgan fingerprint density at radius 2 is 1.92 bits per heavy atom. The average molecular weight is 494 g/mol. The molecule has 3 aromatic rings. The van der Waals surface area contributed by atoms with Crippen molar-refractivity contribution in [1.82, 2.24) is 25.2 Å². The summed E-state index contributed by atoms with van der Waals surface area (Å²) in [6.07, 6.45) is 5.74. The predicted octanol–water partition coefficient (Wildman–Crippen LogP) is 3.88. The van der Waals surface area contributed by atoms with Gasteiger partial charge in [-0.25, -0.2) is 4.68 Å². The van der Waals surface area contributed by atoms with Gasteiger partial charge in [0.15, 0.2) is 0 Å². The minimum atomic E-state index is -0.847. The van der Waals surface area contributed by atoms with Crippen LogP contribution in [0.5, 0.6) is 11.5 Å². The molecular weight excluding hydrogens is 458 g/mol. The van der Waals surface area contributed by atoms with Crippen LogP contribution in [0.1, 0.15) is 57.1 Å². The standard InChI is InChI=1S/C27H35N5O4/c1-4-5-16-31(25(33)18-32-23-13-9-8-12-22(23)29-30-32)26(27(34)28-19-10-6-7-11-19)21-15-14-20(35-2)17-24(21)36-3/h8-9,12-15,17,19,26H,4-7,10-11,16,18H2,1-3H3,(H,28,34)/t26-/m1/s1. The molecule has 1 saturated carbocycles. The number of nitrogens with zero attached hydrogens (tertiary/aromatic N) is 4. The number of aromatic nitrogens is 3. The third kappa shape index (κ3) is 5.61. The third-order valence-electron chi connectivity index (χ3n) is 6.77. The van der Waals surface area contributed by atoms with Crippen molar-refractivity contribution in [2.75, 3.05) is 20.8 Å². The summed E-state index contributed by atoms with van der Waals surface area (Å²) in [4.78, 5) is 29.3. The number of carbonyl (C=O) groups excluding carboxylic acids is 2. The second kappa shape index (κ2) is 11.9. The third-order valence-corrected chi connectivity index (χ3v) is 6.77. The summed E-state index contributed by atoms with van der Waals surface area (Å²) in [7, 11) is 3.14. The van der Waals surface area contributed by atoms with E-state index >= 15 is 0 Å². The first-order chi connectivity index (χ1) is 17.5. The molecule has 0 saturated heterocycles. The predicted molar refractivity (Wildman–Crippen MR) is 137 cm³/mol. The van der Waals surface area contributed by atoms with Crippen LogP contribution in [0.3, 0.4) is 0 Å². The van der Waals surface area contributed by atoms with Crippen molar-refractivity contribution in [2.24, 2.45) is 0 Å². The Morgan fingerprint density at radius 1 is 1.14 bits per heavy atom. The van der Waals surface area contributed by atoms with Crippen molar-refractivity contribution in [3.8, 4) is 11.5 Å². The number of amides is 2. The number of hydrogen-bond donors (Lipinski definition) is 1. The van der Waals surface area contributed by atoms with Gasteiger partial charge in [0.05, 0.1) is 19.7 Å². The number of para-hydroxylation sites is 1. The van der Waals surface area contributed by atoms with E-state index in [0.29, 0.717) is 23.6 Å². The minimum absolute atomic E-state index is 0.0180. The second-order valence-corrected chi connectivity index (χ2v) is 9.18. The van der Waals surface area contributed by atoms with Crippen LogP contribution in [0.15, 0.2) is 42.5 Å². The summed E-state index contributed by atoms with van der Waals surface area (Å²) < 4.78 is 12.6. The highest BCUT2D eigenvalue weighted by molar-refractivity contribution is 5.90. The largest absolute Gasteiger partial charge is 0.497 e. The van der Waals surface area contributed by atoms with Gasteiger partial charge in [0.1, 0.15) is 29.6 Å². The monoisotopic (exact) mass is 493 g/mol. The van der Waals surface area contributed by atoms with Crippen molar-refractivity contribution in [3.05, 3.63) is 48.0 Å².